The molecule has 0 aromatic rings. The lowest BCUT2D eigenvalue weighted by Crippen LogP contribution is -2.18. The first-order chi connectivity index (χ1) is 5.85. The van der Waals surface area contributed by atoms with Crippen molar-refractivity contribution in [2.24, 2.45) is 0 Å². The van der Waals surface area contributed by atoms with E-state index in [2.05, 4.69) is 8.92 Å². The van der Waals surface area contributed by atoms with E-state index >= 15 is 0 Å². The van der Waals surface area contributed by atoms with Crippen molar-refractivity contribution in [1.29, 1.82) is 0 Å². The third-order valence-electron chi connectivity index (χ3n) is 1.04. The summed E-state index contributed by atoms with van der Waals surface area (Å²) in [7, 11) is -4.99. The van der Waals surface area contributed by atoms with E-state index in [9.17, 15) is 17.1 Å². The first-order valence-corrected chi connectivity index (χ1v) is 4.94. The number of esters is 1. The molecule has 0 saturated carbocycles. The van der Waals surface area contributed by atoms with Crippen LogP contribution in [0.2, 0.25) is 0 Å². The van der Waals surface area contributed by atoms with Crippen LogP contribution in [-0.4, -0.2) is 27.1 Å². The molecule has 0 spiro atoms. The number of hydrogen-bond donors (Lipinski definition) is 0. The predicted octanol–water partition coefficient (Wildman–Crippen LogP) is 0.559. The Morgan fingerprint density at radius 3 is 2.46 bits per heavy atom. The summed E-state index contributed by atoms with van der Waals surface area (Å²) in [4.78, 5) is 10.7. The van der Waals surface area contributed by atoms with E-state index < -0.39 is 22.6 Å². The fraction of sp³-hybridized carbons (Fsp3) is 0.833. The Labute approximate surface area is 76.2 Å². The van der Waals surface area contributed by atoms with Gasteiger partial charge in [-0.15, -0.1) is 0 Å². The van der Waals surface area contributed by atoms with E-state index in [0.29, 0.717) is 0 Å². The number of carbonyl (C=O) groups excluding carboxylic acids is 1. The number of ether oxygens (including phenoxy) is 1. The highest BCUT2D eigenvalue weighted by Crippen LogP contribution is 2.05. The fourth-order valence-corrected chi connectivity index (χ4v) is 1.15. The lowest BCUT2D eigenvalue weighted by molar-refractivity contribution is -0.144. The summed E-state index contributed by atoms with van der Waals surface area (Å²) < 4.78 is 40.1. The molecule has 0 heterocycles. The zero-order chi connectivity index (χ0) is 10.5. The van der Waals surface area contributed by atoms with Gasteiger partial charge in [0.2, 0.25) is 0 Å². The van der Waals surface area contributed by atoms with Crippen LogP contribution in [0.25, 0.3) is 0 Å². The van der Waals surface area contributed by atoms with Crippen LogP contribution in [0.15, 0.2) is 0 Å². The molecular formula is C6H11FO5S. The molecule has 0 aliphatic rings. The maximum Gasteiger partial charge on any atom is 0.437 e. The van der Waals surface area contributed by atoms with Gasteiger partial charge in [-0.05, 0) is 13.8 Å². The normalized spacial score (nSPS) is 13.8. The maximum absolute atomic E-state index is 11.9. The van der Waals surface area contributed by atoms with Crippen molar-refractivity contribution in [3.63, 3.8) is 0 Å². The van der Waals surface area contributed by atoms with Gasteiger partial charge in [-0.2, -0.15) is 8.42 Å². The molecule has 0 aliphatic heterocycles. The summed E-state index contributed by atoms with van der Waals surface area (Å²) in [5.41, 5.74) is 0. The second-order valence-electron chi connectivity index (χ2n) is 2.31. The average molecular weight is 214 g/mol. The minimum absolute atomic E-state index is 0.188. The van der Waals surface area contributed by atoms with E-state index in [1.807, 2.05) is 0 Å². The number of hydrogen-bond acceptors (Lipinski definition) is 5. The van der Waals surface area contributed by atoms with Gasteiger partial charge in [0.05, 0.1) is 19.1 Å². The molecule has 0 unspecified atom stereocenters. The van der Waals surface area contributed by atoms with Crippen LogP contribution in [0, 0.1) is 0 Å². The Morgan fingerprint density at radius 2 is 2.08 bits per heavy atom. The summed E-state index contributed by atoms with van der Waals surface area (Å²) in [6, 6.07) is 0. The second kappa shape index (κ2) is 5.13. The molecule has 78 valence electrons. The largest absolute Gasteiger partial charge is 0.466 e. The Hall–Kier alpha value is -0.690. The second-order valence-corrected chi connectivity index (χ2v) is 3.29. The first kappa shape index (κ1) is 12.3. The Kier molecular flexibility index (Phi) is 4.86. The molecule has 0 radical (unpaired) electrons. The van der Waals surface area contributed by atoms with E-state index in [4.69, 9.17) is 0 Å². The van der Waals surface area contributed by atoms with Crippen molar-refractivity contribution in [2.45, 2.75) is 26.4 Å². The molecule has 0 N–H and O–H groups in total. The quantitative estimate of drug-likeness (QED) is 0.494. The molecule has 0 bridgehead atoms. The molecule has 0 saturated heterocycles. The Balaban J connectivity index is 3.88. The van der Waals surface area contributed by atoms with Crippen LogP contribution in [0.3, 0.4) is 0 Å². The number of halogens is 1. The minimum atomic E-state index is -4.99. The molecule has 0 fully saturated rings. The summed E-state index contributed by atoms with van der Waals surface area (Å²) in [6.45, 7) is 3.05. The molecule has 7 heteroatoms. The molecule has 1 atom stereocenters. The van der Waals surface area contributed by atoms with Gasteiger partial charge in [0.15, 0.2) is 0 Å². The van der Waals surface area contributed by atoms with E-state index in [1.54, 1.807) is 6.92 Å². The standard InChI is InChI=1S/C6H11FO5S/c1-3-11-6(8)4-5(2)12-13(7,9)10/h5H,3-4H2,1-2H3/t5-/m0/s1. The van der Waals surface area contributed by atoms with Gasteiger partial charge in [0.1, 0.15) is 0 Å². The molecule has 13 heavy (non-hydrogen) atoms. The van der Waals surface area contributed by atoms with E-state index in [-0.39, 0.29) is 13.0 Å². The number of rotatable bonds is 5. The van der Waals surface area contributed by atoms with E-state index in [0.717, 1.165) is 0 Å². The fourth-order valence-electron chi connectivity index (χ4n) is 0.685. The van der Waals surface area contributed by atoms with Crippen molar-refractivity contribution in [3.05, 3.63) is 0 Å². The van der Waals surface area contributed by atoms with Crippen molar-refractivity contribution in [3.8, 4) is 0 Å². The number of carbonyl (C=O) groups is 1. The molecular weight excluding hydrogens is 203 g/mol. The van der Waals surface area contributed by atoms with Crippen LogP contribution in [-0.2, 0) is 24.2 Å². The molecule has 0 aromatic carbocycles. The van der Waals surface area contributed by atoms with Gasteiger partial charge < -0.3 is 4.74 Å². The third kappa shape index (κ3) is 7.66. The van der Waals surface area contributed by atoms with Crippen LogP contribution >= 0.6 is 0 Å². The van der Waals surface area contributed by atoms with Crippen LogP contribution in [0.4, 0.5) is 3.89 Å². The van der Waals surface area contributed by atoms with Crippen molar-refractivity contribution in [2.75, 3.05) is 6.61 Å². The first-order valence-electron chi connectivity index (χ1n) is 3.63. The maximum atomic E-state index is 11.9. The van der Waals surface area contributed by atoms with Gasteiger partial charge in [-0.3, -0.25) is 4.79 Å². The van der Waals surface area contributed by atoms with Gasteiger partial charge >= 0.3 is 16.5 Å². The van der Waals surface area contributed by atoms with Crippen LogP contribution in [0.1, 0.15) is 20.3 Å². The Morgan fingerprint density at radius 1 is 1.54 bits per heavy atom. The summed E-state index contributed by atoms with van der Waals surface area (Å²) in [6.07, 6.45) is -1.34. The summed E-state index contributed by atoms with van der Waals surface area (Å²) in [5, 5.41) is 0. The van der Waals surface area contributed by atoms with Crippen molar-refractivity contribution < 1.29 is 26.0 Å². The summed E-state index contributed by atoms with van der Waals surface area (Å²) >= 11 is 0. The van der Waals surface area contributed by atoms with Gasteiger partial charge in [0, 0.05) is 0 Å². The highest BCUT2D eigenvalue weighted by atomic mass is 32.3. The molecule has 0 aromatic heterocycles. The van der Waals surface area contributed by atoms with Crippen LogP contribution in [0.5, 0.6) is 0 Å². The zero-order valence-electron chi connectivity index (χ0n) is 7.32. The highest BCUT2D eigenvalue weighted by Gasteiger charge is 2.17. The monoisotopic (exact) mass is 214 g/mol. The topological polar surface area (TPSA) is 69.7 Å². The molecule has 0 amide bonds. The van der Waals surface area contributed by atoms with E-state index in [1.165, 1.54) is 6.92 Å². The SMILES string of the molecule is CCOC(=O)C[C@H](C)OS(=O)(=O)F. The molecule has 5 nitrogen and oxygen atoms in total. The predicted molar refractivity (Wildman–Crippen MR) is 41.8 cm³/mol. The molecule has 0 aliphatic carbocycles. The summed E-state index contributed by atoms with van der Waals surface area (Å²) in [5.74, 6) is -0.626. The zero-order valence-corrected chi connectivity index (χ0v) is 8.14. The third-order valence-corrected chi connectivity index (χ3v) is 1.60. The van der Waals surface area contributed by atoms with Gasteiger partial charge in [-0.25, -0.2) is 4.18 Å². The lowest BCUT2D eigenvalue weighted by Gasteiger charge is -2.07. The lowest BCUT2D eigenvalue weighted by atomic mass is 10.3. The highest BCUT2D eigenvalue weighted by molar-refractivity contribution is 7.81. The Bertz CT molecular complexity index is 260. The van der Waals surface area contributed by atoms with Crippen molar-refractivity contribution >= 4 is 16.5 Å². The van der Waals surface area contributed by atoms with Crippen LogP contribution < -0.4 is 0 Å². The smallest absolute Gasteiger partial charge is 0.437 e. The van der Waals surface area contributed by atoms with Crippen molar-refractivity contribution in [1.82, 2.24) is 0 Å². The average Bonchev–Trinajstić information content (AvgIpc) is 1.81. The minimum Gasteiger partial charge on any atom is -0.466 e. The van der Waals surface area contributed by atoms with Gasteiger partial charge in [0.25, 0.3) is 0 Å². The molecule has 0 rings (SSSR count). The van der Waals surface area contributed by atoms with Gasteiger partial charge in [-0.1, -0.05) is 3.89 Å².